The first-order chi connectivity index (χ1) is 8.20. The van der Waals surface area contributed by atoms with E-state index in [1.165, 1.54) is 5.56 Å². The van der Waals surface area contributed by atoms with Crippen molar-refractivity contribution < 1.29 is 0 Å². The summed E-state index contributed by atoms with van der Waals surface area (Å²) in [6.45, 7) is 6.11. The number of likely N-dealkylation sites (N-methyl/N-ethyl adjacent to an activating group) is 1. The summed E-state index contributed by atoms with van der Waals surface area (Å²) in [6.07, 6.45) is 0. The van der Waals surface area contributed by atoms with Gasteiger partial charge in [0.05, 0.1) is 6.07 Å². The van der Waals surface area contributed by atoms with Gasteiger partial charge in [0, 0.05) is 26.2 Å². The number of halogens is 1. The summed E-state index contributed by atoms with van der Waals surface area (Å²) < 4.78 is 0. The number of nitrogens with zero attached hydrogens (tertiary/aromatic N) is 3. The zero-order valence-corrected chi connectivity index (χ0v) is 11.8. The van der Waals surface area contributed by atoms with Crippen molar-refractivity contribution in [3.63, 3.8) is 0 Å². The van der Waals surface area contributed by atoms with E-state index >= 15 is 0 Å². The molecule has 18 heavy (non-hydrogen) atoms. The van der Waals surface area contributed by atoms with Crippen molar-refractivity contribution in [2.24, 2.45) is 0 Å². The Labute approximate surface area is 115 Å². The van der Waals surface area contributed by atoms with Crippen LogP contribution in [0.5, 0.6) is 0 Å². The predicted octanol–water partition coefficient (Wildman–Crippen LogP) is 2.23. The minimum atomic E-state index is -0.0932. The van der Waals surface area contributed by atoms with Crippen LogP contribution in [-0.4, -0.2) is 43.0 Å². The third-order valence-corrected chi connectivity index (χ3v) is 3.42. The van der Waals surface area contributed by atoms with Crippen LogP contribution in [-0.2, 0) is 0 Å². The summed E-state index contributed by atoms with van der Waals surface area (Å²) in [5, 5.41) is 9.36. The van der Waals surface area contributed by atoms with Gasteiger partial charge in [-0.1, -0.05) is 29.8 Å². The molecule has 98 valence electrons. The van der Waals surface area contributed by atoms with Crippen LogP contribution in [0.3, 0.4) is 0 Å². The fourth-order valence-electron chi connectivity index (χ4n) is 2.20. The quantitative estimate of drug-likeness (QED) is 0.822. The smallest absolute Gasteiger partial charge is 0.123 e. The molecule has 1 atom stereocenters. The van der Waals surface area contributed by atoms with E-state index in [0.717, 1.165) is 31.7 Å². The van der Waals surface area contributed by atoms with E-state index < -0.39 is 0 Å². The van der Waals surface area contributed by atoms with Crippen LogP contribution in [0.4, 0.5) is 0 Å². The molecule has 0 aromatic heterocycles. The average molecular weight is 266 g/mol. The summed E-state index contributed by atoms with van der Waals surface area (Å²) in [4.78, 5) is 4.57. The van der Waals surface area contributed by atoms with Crippen LogP contribution < -0.4 is 0 Å². The van der Waals surface area contributed by atoms with E-state index in [4.69, 9.17) is 0 Å². The Kier molecular flexibility index (Phi) is 5.61. The number of benzene rings is 1. The van der Waals surface area contributed by atoms with Crippen LogP contribution in [0.2, 0.25) is 0 Å². The van der Waals surface area contributed by atoms with Crippen LogP contribution in [0, 0.1) is 18.3 Å². The monoisotopic (exact) mass is 265 g/mol. The predicted molar refractivity (Wildman–Crippen MR) is 75.9 cm³/mol. The normalized spacial score (nSPS) is 18.7. The van der Waals surface area contributed by atoms with Crippen LogP contribution >= 0.6 is 12.4 Å². The molecule has 1 saturated heterocycles. The number of nitriles is 1. The summed E-state index contributed by atoms with van der Waals surface area (Å²) >= 11 is 0. The number of hydrogen-bond donors (Lipinski definition) is 0. The van der Waals surface area contributed by atoms with Gasteiger partial charge in [-0.2, -0.15) is 5.26 Å². The summed E-state index contributed by atoms with van der Waals surface area (Å²) in [5.41, 5.74) is 2.35. The Morgan fingerprint density at radius 2 is 1.67 bits per heavy atom. The van der Waals surface area contributed by atoms with Crippen LogP contribution in [0.25, 0.3) is 0 Å². The van der Waals surface area contributed by atoms with Gasteiger partial charge in [0.2, 0.25) is 0 Å². The lowest BCUT2D eigenvalue weighted by molar-refractivity contribution is 0.133. The van der Waals surface area contributed by atoms with Crippen LogP contribution in [0.1, 0.15) is 17.2 Å². The van der Waals surface area contributed by atoms with Gasteiger partial charge in [0.15, 0.2) is 0 Å². The van der Waals surface area contributed by atoms with Crippen molar-refractivity contribution in [1.29, 1.82) is 5.26 Å². The van der Waals surface area contributed by atoms with E-state index in [9.17, 15) is 5.26 Å². The number of aryl methyl sites for hydroxylation is 1. The van der Waals surface area contributed by atoms with Gasteiger partial charge in [0.25, 0.3) is 0 Å². The minimum absolute atomic E-state index is 0. The Bertz CT molecular complexity index is 402. The molecule has 0 N–H and O–H groups in total. The highest BCUT2D eigenvalue weighted by Crippen LogP contribution is 2.21. The lowest BCUT2D eigenvalue weighted by atomic mass is 10.0. The van der Waals surface area contributed by atoms with Gasteiger partial charge in [0.1, 0.15) is 6.04 Å². The Morgan fingerprint density at radius 1 is 1.11 bits per heavy atom. The minimum Gasteiger partial charge on any atom is -0.304 e. The van der Waals surface area contributed by atoms with Crippen molar-refractivity contribution in [3.8, 4) is 6.07 Å². The molecule has 0 aliphatic carbocycles. The maximum Gasteiger partial charge on any atom is 0.123 e. The molecule has 0 spiro atoms. The maximum atomic E-state index is 9.36. The molecular weight excluding hydrogens is 246 g/mol. The molecular formula is C14H20ClN3. The molecule has 1 heterocycles. The largest absolute Gasteiger partial charge is 0.304 e. The summed E-state index contributed by atoms with van der Waals surface area (Å²) in [6, 6.07) is 10.6. The molecule has 1 aromatic rings. The number of piperazine rings is 1. The molecule has 2 rings (SSSR count). The first-order valence-corrected chi connectivity index (χ1v) is 6.09. The molecule has 0 radical (unpaired) electrons. The molecule has 1 aliphatic rings. The Balaban J connectivity index is 0.00000162. The zero-order valence-electron chi connectivity index (χ0n) is 11.0. The van der Waals surface area contributed by atoms with Crippen molar-refractivity contribution in [1.82, 2.24) is 9.80 Å². The molecule has 3 nitrogen and oxygen atoms in total. The fourth-order valence-corrected chi connectivity index (χ4v) is 2.20. The van der Waals surface area contributed by atoms with Crippen LogP contribution in [0.15, 0.2) is 24.3 Å². The lowest BCUT2D eigenvalue weighted by Crippen LogP contribution is -2.45. The summed E-state index contributed by atoms with van der Waals surface area (Å²) in [7, 11) is 2.13. The number of rotatable bonds is 2. The average Bonchev–Trinajstić information content (AvgIpc) is 2.35. The Hall–Kier alpha value is -1.08. The van der Waals surface area contributed by atoms with Gasteiger partial charge in [-0.15, -0.1) is 12.4 Å². The third kappa shape index (κ3) is 3.46. The van der Waals surface area contributed by atoms with Gasteiger partial charge >= 0.3 is 0 Å². The standard InChI is InChI=1S/C14H19N3.ClH/c1-12-3-5-13(6-4-12)14(11-15)17-9-7-16(2)8-10-17;/h3-6,14H,7-10H2,1-2H3;1H. The highest BCUT2D eigenvalue weighted by molar-refractivity contribution is 5.85. The molecule has 0 saturated carbocycles. The van der Waals surface area contributed by atoms with Crippen molar-refractivity contribution in [2.45, 2.75) is 13.0 Å². The molecule has 1 aliphatic heterocycles. The zero-order chi connectivity index (χ0) is 12.3. The molecule has 1 unspecified atom stereocenters. The van der Waals surface area contributed by atoms with Gasteiger partial charge in [-0.05, 0) is 19.5 Å². The van der Waals surface area contributed by atoms with E-state index in [-0.39, 0.29) is 18.4 Å². The third-order valence-electron chi connectivity index (χ3n) is 3.42. The van der Waals surface area contributed by atoms with Crippen molar-refractivity contribution in [3.05, 3.63) is 35.4 Å². The second kappa shape index (κ2) is 6.75. The van der Waals surface area contributed by atoms with Gasteiger partial charge in [-0.25, -0.2) is 0 Å². The maximum absolute atomic E-state index is 9.36. The molecule has 0 amide bonds. The van der Waals surface area contributed by atoms with E-state index in [1.54, 1.807) is 0 Å². The van der Waals surface area contributed by atoms with E-state index in [2.05, 4.69) is 54.1 Å². The second-order valence-electron chi connectivity index (χ2n) is 4.78. The van der Waals surface area contributed by atoms with Crippen molar-refractivity contribution >= 4 is 12.4 Å². The first kappa shape index (κ1) is 15.0. The van der Waals surface area contributed by atoms with Gasteiger partial charge < -0.3 is 4.90 Å². The topological polar surface area (TPSA) is 30.3 Å². The van der Waals surface area contributed by atoms with Gasteiger partial charge in [-0.3, -0.25) is 4.90 Å². The van der Waals surface area contributed by atoms with E-state index in [0.29, 0.717) is 0 Å². The lowest BCUT2D eigenvalue weighted by Gasteiger charge is -2.35. The fraction of sp³-hybridized carbons (Fsp3) is 0.500. The Morgan fingerprint density at radius 3 is 2.17 bits per heavy atom. The summed E-state index contributed by atoms with van der Waals surface area (Å²) in [5.74, 6) is 0. The molecule has 1 fully saturated rings. The highest BCUT2D eigenvalue weighted by Gasteiger charge is 2.23. The second-order valence-corrected chi connectivity index (χ2v) is 4.78. The van der Waals surface area contributed by atoms with Crippen molar-refractivity contribution in [2.75, 3.05) is 33.2 Å². The number of hydrogen-bond acceptors (Lipinski definition) is 3. The molecule has 0 bridgehead atoms. The SMILES string of the molecule is Cc1ccc(C(C#N)N2CCN(C)CC2)cc1.Cl. The van der Waals surface area contributed by atoms with E-state index in [1.807, 2.05) is 0 Å². The molecule has 4 heteroatoms. The highest BCUT2D eigenvalue weighted by atomic mass is 35.5. The first-order valence-electron chi connectivity index (χ1n) is 6.09. The molecule has 1 aromatic carbocycles.